The van der Waals surface area contributed by atoms with Gasteiger partial charge in [-0.2, -0.15) is 13.2 Å². The lowest BCUT2D eigenvalue weighted by molar-refractivity contribution is -0.192. The predicted molar refractivity (Wildman–Crippen MR) is 91.0 cm³/mol. The molecule has 0 aliphatic heterocycles. The monoisotopic (exact) mass is 386 g/mol. The molecular weight excluding hydrogens is 369 g/mol. The first-order valence-electron chi connectivity index (χ1n) is 7.45. The number of alkyl halides is 3. The van der Waals surface area contributed by atoms with Crippen LogP contribution in [0.25, 0.3) is 11.4 Å². The van der Waals surface area contributed by atoms with E-state index in [1.807, 2.05) is 0 Å². The molecule has 27 heavy (non-hydrogen) atoms. The van der Waals surface area contributed by atoms with E-state index < -0.39 is 18.2 Å². The zero-order valence-corrected chi connectivity index (χ0v) is 14.3. The van der Waals surface area contributed by atoms with Crippen LogP contribution < -0.4 is 16.6 Å². The minimum absolute atomic E-state index is 0.211. The lowest BCUT2D eigenvalue weighted by Crippen LogP contribution is -2.32. The summed E-state index contributed by atoms with van der Waals surface area (Å²) in [7, 11) is 0. The number of benzene rings is 1. The molecule has 1 heterocycles. The van der Waals surface area contributed by atoms with E-state index in [1.165, 1.54) is 6.07 Å². The van der Waals surface area contributed by atoms with Gasteiger partial charge in [0.05, 0.1) is 6.04 Å². The molecular formula is C16H17F3N4O4. The van der Waals surface area contributed by atoms with Gasteiger partial charge < -0.3 is 21.1 Å². The molecule has 1 amide bonds. The van der Waals surface area contributed by atoms with Gasteiger partial charge in [0.25, 0.3) is 5.56 Å². The number of carboxylic acid groups (broad SMARTS) is 1. The number of carbonyl (C=O) groups excluding carboxylic acids is 1. The molecule has 1 aromatic heterocycles. The van der Waals surface area contributed by atoms with Gasteiger partial charge in [0, 0.05) is 23.0 Å². The summed E-state index contributed by atoms with van der Waals surface area (Å²) < 4.78 is 31.7. The molecule has 0 saturated carbocycles. The van der Waals surface area contributed by atoms with Crippen LogP contribution >= 0.6 is 0 Å². The van der Waals surface area contributed by atoms with E-state index >= 15 is 0 Å². The van der Waals surface area contributed by atoms with E-state index in [-0.39, 0.29) is 11.5 Å². The van der Waals surface area contributed by atoms with Gasteiger partial charge in [-0.05, 0) is 26.0 Å². The second kappa shape index (κ2) is 8.94. The summed E-state index contributed by atoms with van der Waals surface area (Å²) in [5, 5.41) is 9.82. The number of nitrogens with two attached hydrogens (primary N) is 1. The smallest absolute Gasteiger partial charge is 0.475 e. The number of nitrogens with one attached hydrogen (secondary N) is 2. The van der Waals surface area contributed by atoms with Crippen LogP contribution in [0.15, 0.2) is 35.1 Å². The SMILES string of the molecule is Cc1cc(=O)[nH]c(-c2cccc(NC(=O)C(C)N)c2)n1.O=C(O)C(F)(F)F. The van der Waals surface area contributed by atoms with Gasteiger partial charge in [0.2, 0.25) is 5.91 Å². The maximum Gasteiger partial charge on any atom is 0.490 e. The van der Waals surface area contributed by atoms with Gasteiger partial charge in [-0.1, -0.05) is 12.1 Å². The van der Waals surface area contributed by atoms with Gasteiger partial charge in [-0.3, -0.25) is 9.59 Å². The Morgan fingerprint density at radius 3 is 2.37 bits per heavy atom. The van der Waals surface area contributed by atoms with E-state index in [4.69, 9.17) is 15.6 Å². The Bertz CT molecular complexity index is 878. The number of halogens is 3. The first kappa shape index (κ1) is 21.8. The average Bonchev–Trinajstić information content (AvgIpc) is 2.53. The van der Waals surface area contributed by atoms with Gasteiger partial charge in [-0.15, -0.1) is 0 Å². The van der Waals surface area contributed by atoms with Crippen LogP contribution in [0.4, 0.5) is 18.9 Å². The molecule has 0 fully saturated rings. The average molecular weight is 386 g/mol. The topological polar surface area (TPSA) is 138 Å². The Labute approximate surface area is 151 Å². The third-order valence-corrected chi connectivity index (χ3v) is 2.93. The molecule has 1 unspecified atom stereocenters. The van der Waals surface area contributed by atoms with Gasteiger partial charge in [0.15, 0.2) is 0 Å². The number of aliphatic carboxylic acids is 1. The number of aryl methyl sites for hydroxylation is 1. The van der Waals surface area contributed by atoms with Crippen LogP contribution in [-0.4, -0.2) is 39.2 Å². The second-order valence-corrected chi connectivity index (χ2v) is 5.40. The van der Waals surface area contributed by atoms with Crippen molar-refractivity contribution in [3.05, 3.63) is 46.4 Å². The van der Waals surface area contributed by atoms with E-state index in [2.05, 4.69) is 15.3 Å². The molecule has 0 saturated heterocycles. The van der Waals surface area contributed by atoms with Crippen molar-refractivity contribution in [3.8, 4) is 11.4 Å². The lowest BCUT2D eigenvalue weighted by atomic mass is 10.1. The number of H-pyrrole nitrogens is 1. The number of aromatic amines is 1. The Balaban J connectivity index is 0.000000445. The third-order valence-electron chi connectivity index (χ3n) is 2.93. The molecule has 0 spiro atoms. The highest BCUT2D eigenvalue weighted by molar-refractivity contribution is 5.94. The molecule has 1 atom stereocenters. The molecule has 8 nitrogen and oxygen atoms in total. The summed E-state index contributed by atoms with van der Waals surface area (Å²) in [6, 6.07) is 7.89. The summed E-state index contributed by atoms with van der Waals surface area (Å²) in [6.07, 6.45) is -5.08. The summed E-state index contributed by atoms with van der Waals surface area (Å²) in [4.78, 5) is 38.8. The van der Waals surface area contributed by atoms with Crippen molar-refractivity contribution in [1.82, 2.24) is 9.97 Å². The molecule has 1 aromatic carbocycles. The first-order chi connectivity index (χ1) is 12.4. The summed E-state index contributed by atoms with van der Waals surface area (Å²) in [5.41, 5.74) is 7.24. The van der Waals surface area contributed by atoms with E-state index in [0.717, 1.165) is 0 Å². The Morgan fingerprint density at radius 1 is 1.30 bits per heavy atom. The number of rotatable bonds is 3. The van der Waals surface area contributed by atoms with Crippen molar-refractivity contribution >= 4 is 17.6 Å². The number of carboxylic acids is 1. The zero-order valence-electron chi connectivity index (χ0n) is 14.3. The molecule has 5 N–H and O–H groups in total. The van der Waals surface area contributed by atoms with E-state index in [1.54, 1.807) is 38.1 Å². The van der Waals surface area contributed by atoms with Crippen molar-refractivity contribution in [2.24, 2.45) is 5.73 Å². The molecule has 146 valence electrons. The number of anilines is 1. The van der Waals surface area contributed by atoms with Crippen LogP contribution in [-0.2, 0) is 9.59 Å². The van der Waals surface area contributed by atoms with Crippen LogP contribution in [0.3, 0.4) is 0 Å². The number of aromatic nitrogens is 2. The summed E-state index contributed by atoms with van der Waals surface area (Å²) in [5.74, 6) is -2.56. The van der Waals surface area contributed by atoms with Crippen molar-refractivity contribution in [2.45, 2.75) is 26.1 Å². The van der Waals surface area contributed by atoms with Crippen molar-refractivity contribution < 1.29 is 27.9 Å². The molecule has 0 aliphatic rings. The fourth-order valence-electron chi connectivity index (χ4n) is 1.72. The lowest BCUT2D eigenvalue weighted by Gasteiger charge is -2.09. The fraction of sp³-hybridized carbons (Fsp3) is 0.250. The highest BCUT2D eigenvalue weighted by atomic mass is 19.4. The molecule has 2 rings (SSSR count). The minimum atomic E-state index is -5.08. The van der Waals surface area contributed by atoms with Crippen molar-refractivity contribution in [2.75, 3.05) is 5.32 Å². The van der Waals surface area contributed by atoms with Crippen LogP contribution in [0, 0.1) is 6.92 Å². The number of nitrogens with zero attached hydrogens (tertiary/aromatic N) is 1. The number of carbonyl (C=O) groups is 2. The van der Waals surface area contributed by atoms with Crippen molar-refractivity contribution in [1.29, 1.82) is 0 Å². The molecule has 0 bridgehead atoms. The predicted octanol–water partition coefficient (Wildman–Crippen LogP) is 1.66. The van der Waals surface area contributed by atoms with E-state index in [9.17, 15) is 22.8 Å². The Kier molecular flexibility index (Phi) is 7.23. The van der Waals surface area contributed by atoms with Crippen molar-refractivity contribution in [3.63, 3.8) is 0 Å². The summed E-state index contributed by atoms with van der Waals surface area (Å²) in [6.45, 7) is 3.36. The molecule has 0 aliphatic carbocycles. The molecule has 2 aromatic rings. The normalized spacial score (nSPS) is 11.8. The second-order valence-electron chi connectivity index (χ2n) is 5.40. The van der Waals surface area contributed by atoms with E-state index in [0.29, 0.717) is 22.8 Å². The van der Waals surface area contributed by atoms with Crippen LogP contribution in [0.5, 0.6) is 0 Å². The quantitative estimate of drug-likeness (QED) is 0.633. The Hall–Kier alpha value is -3.21. The maximum atomic E-state index is 11.6. The third kappa shape index (κ3) is 7.28. The van der Waals surface area contributed by atoms with Gasteiger partial charge in [-0.25, -0.2) is 9.78 Å². The minimum Gasteiger partial charge on any atom is -0.475 e. The van der Waals surface area contributed by atoms with Gasteiger partial charge >= 0.3 is 12.1 Å². The van der Waals surface area contributed by atoms with Crippen LogP contribution in [0.2, 0.25) is 0 Å². The molecule has 0 radical (unpaired) electrons. The largest absolute Gasteiger partial charge is 0.490 e. The number of amides is 1. The Morgan fingerprint density at radius 2 is 1.89 bits per heavy atom. The highest BCUT2D eigenvalue weighted by Gasteiger charge is 2.38. The van der Waals surface area contributed by atoms with Crippen LogP contribution in [0.1, 0.15) is 12.6 Å². The fourth-order valence-corrected chi connectivity index (χ4v) is 1.72. The standard InChI is InChI=1S/C14H16N4O2.C2HF3O2/c1-8-6-12(19)18-13(16-8)10-4-3-5-11(7-10)17-14(20)9(2)15;3-2(4,5)1(6)7/h3-7,9H,15H2,1-2H3,(H,17,20)(H,16,18,19);(H,6,7). The zero-order chi connectivity index (χ0) is 20.8. The maximum absolute atomic E-state index is 11.6. The van der Waals surface area contributed by atoms with Gasteiger partial charge in [0.1, 0.15) is 5.82 Å². The molecule has 11 heteroatoms. The first-order valence-corrected chi connectivity index (χ1v) is 7.45. The number of hydrogen-bond donors (Lipinski definition) is 4. The number of hydrogen-bond acceptors (Lipinski definition) is 5. The highest BCUT2D eigenvalue weighted by Crippen LogP contribution is 2.18. The summed E-state index contributed by atoms with van der Waals surface area (Å²) >= 11 is 0.